The van der Waals surface area contributed by atoms with Crippen molar-refractivity contribution in [1.82, 2.24) is 14.9 Å². The Morgan fingerprint density at radius 2 is 2.17 bits per heavy atom. The molecule has 4 nitrogen and oxygen atoms in total. The molecule has 0 unspecified atom stereocenters. The van der Waals surface area contributed by atoms with E-state index in [0.29, 0.717) is 12.5 Å². The van der Waals surface area contributed by atoms with Crippen LogP contribution in [0.5, 0.6) is 0 Å². The molecule has 2 fully saturated rings. The molecule has 1 aromatic heterocycles. The molecular weight excluding hydrogens is 286 g/mol. The SMILES string of the molecule is Cc1nc2ccccc2n1CC(=O)N[C@@H](C)[C@@H]1C[C@H]2CC[C@H]1C2. The van der Waals surface area contributed by atoms with Crippen LogP contribution in [0.25, 0.3) is 11.0 Å². The topological polar surface area (TPSA) is 46.9 Å². The summed E-state index contributed by atoms with van der Waals surface area (Å²) in [4.78, 5) is 17.1. The highest BCUT2D eigenvalue weighted by molar-refractivity contribution is 5.81. The Kier molecular flexibility index (Phi) is 3.63. The van der Waals surface area contributed by atoms with E-state index in [1.165, 1.54) is 25.7 Å². The van der Waals surface area contributed by atoms with Crippen LogP contribution in [0.2, 0.25) is 0 Å². The Bertz CT molecular complexity index is 735. The molecule has 0 aliphatic heterocycles. The molecule has 4 heteroatoms. The molecule has 0 spiro atoms. The fourth-order valence-corrected chi connectivity index (χ4v) is 4.85. The van der Waals surface area contributed by atoms with Gasteiger partial charge < -0.3 is 9.88 Å². The van der Waals surface area contributed by atoms with Crippen LogP contribution in [0.4, 0.5) is 0 Å². The number of para-hydroxylation sites is 2. The molecule has 1 N–H and O–H groups in total. The zero-order chi connectivity index (χ0) is 16.0. The number of hydrogen-bond acceptors (Lipinski definition) is 2. The van der Waals surface area contributed by atoms with E-state index >= 15 is 0 Å². The quantitative estimate of drug-likeness (QED) is 0.942. The van der Waals surface area contributed by atoms with Gasteiger partial charge in [-0.3, -0.25) is 4.79 Å². The number of carbonyl (C=O) groups is 1. The summed E-state index contributed by atoms with van der Waals surface area (Å²) < 4.78 is 2.01. The van der Waals surface area contributed by atoms with Crippen molar-refractivity contribution in [1.29, 1.82) is 0 Å². The lowest BCUT2D eigenvalue weighted by Gasteiger charge is -2.28. The maximum Gasteiger partial charge on any atom is 0.240 e. The van der Waals surface area contributed by atoms with Gasteiger partial charge in [0.2, 0.25) is 5.91 Å². The van der Waals surface area contributed by atoms with Crippen LogP contribution in [0.15, 0.2) is 24.3 Å². The average Bonchev–Trinajstić information content (AvgIpc) is 3.22. The highest BCUT2D eigenvalue weighted by Crippen LogP contribution is 2.49. The van der Waals surface area contributed by atoms with Gasteiger partial charge in [-0.05, 0) is 63.0 Å². The second-order valence-corrected chi connectivity index (χ2v) is 7.43. The molecule has 122 valence electrons. The van der Waals surface area contributed by atoms with Crippen molar-refractivity contribution >= 4 is 16.9 Å². The van der Waals surface area contributed by atoms with Crippen LogP contribution >= 0.6 is 0 Å². The molecule has 4 atom stereocenters. The van der Waals surface area contributed by atoms with E-state index in [1.807, 2.05) is 35.8 Å². The van der Waals surface area contributed by atoms with Crippen molar-refractivity contribution in [2.45, 2.75) is 52.1 Å². The maximum absolute atomic E-state index is 12.5. The van der Waals surface area contributed by atoms with Crippen molar-refractivity contribution in [2.75, 3.05) is 0 Å². The Morgan fingerprint density at radius 1 is 1.35 bits per heavy atom. The van der Waals surface area contributed by atoms with Gasteiger partial charge in [-0.15, -0.1) is 0 Å². The summed E-state index contributed by atoms with van der Waals surface area (Å²) >= 11 is 0. The molecule has 2 saturated carbocycles. The number of aromatic nitrogens is 2. The molecule has 4 rings (SSSR count). The lowest BCUT2D eigenvalue weighted by Crippen LogP contribution is -2.41. The minimum Gasteiger partial charge on any atom is -0.352 e. The van der Waals surface area contributed by atoms with Gasteiger partial charge in [0, 0.05) is 6.04 Å². The zero-order valence-electron chi connectivity index (χ0n) is 14.0. The first-order chi connectivity index (χ1) is 11.1. The summed E-state index contributed by atoms with van der Waals surface area (Å²) in [5.74, 6) is 3.44. The van der Waals surface area contributed by atoms with E-state index in [-0.39, 0.29) is 11.9 Å². The number of nitrogens with zero attached hydrogens (tertiary/aromatic N) is 2. The van der Waals surface area contributed by atoms with E-state index in [4.69, 9.17) is 0 Å². The van der Waals surface area contributed by atoms with Gasteiger partial charge in [-0.25, -0.2) is 4.98 Å². The predicted molar refractivity (Wildman–Crippen MR) is 91.0 cm³/mol. The summed E-state index contributed by atoms with van der Waals surface area (Å²) in [6, 6.07) is 8.29. The normalized spacial score (nSPS) is 27.5. The Balaban J connectivity index is 1.44. The summed E-state index contributed by atoms with van der Waals surface area (Å²) in [5.41, 5.74) is 1.99. The summed E-state index contributed by atoms with van der Waals surface area (Å²) in [7, 11) is 0. The van der Waals surface area contributed by atoms with Crippen molar-refractivity contribution in [3.05, 3.63) is 30.1 Å². The molecular formula is C19H25N3O. The zero-order valence-corrected chi connectivity index (χ0v) is 14.0. The highest BCUT2D eigenvalue weighted by Gasteiger charge is 2.42. The first-order valence-electron chi connectivity index (χ1n) is 8.83. The minimum absolute atomic E-state index is 0.103. The lowest BCUT2D eigenvalue weighted by molar-refractivity contribution is -0.122. The van der Waals surface area contributed by atoms with E-state index < -0.39 is 0 Å². The molecule has 0 radical (unpaired) electrons. The largest absolute Gasteiger partial charge is 0.352 e. The van der Waals surface area contributed by atoms with Gasteiger partial charge >= 0.3 is 0 Å². The fourth-order valence-electron chi connectivity index (χ4n) is 4.85. The molecule has 2 aromatic rings. The van der Waals surface area contributed by atoms with Crippen molar-refractivity contribution in [2.24, 2.45) is 17.8 Å². The smallest absolute Gasteiger partial charge is 0.240 e. The second kappa shape index (κ2) is 5.66. The molecule has 2 bridgehead atoms. The third-order valence-corrected chi connectivity index (χ3v) is 5.97. The molecule has 1 aromatic carbocycles. The van der Waals surface area contributed by atoms with Gasteiger partial charge in [0.1, 0.15) is 12.4 Å². The standard InChI is InChI=1S/C19H25N3O/c1-12(16-10-14-7-8-15(16)9-14)20-19(23)11-22-13(2)21-17-5-3-4-6-18(17)22/h3-6,12,14-16H,7-11H2,1-2H3,(H,20,23)/t12-,14-,15-,16-/m0/s1. The number of benzene rings is 1. The number of carbonyl (C=O) groups excluding carboxylic acids is 1. The Labute approximate surface area is 137 Å². The van der Waals surface area contributed by atoms with Crippen LogP contribution in [-0.4, -0.2) is 21.5 Å². The van der Waals surface area contributed by atoms with Crippen LogP contribution in [0, 0.1) is 24.7 Å². The average molecular weight is 311 g/mol. The van der Waals surface area contributed by atoms with Gasteiger partial charge in [0.05, 0.1) is 11.0 Å². The number of imidazole rings is 1. The minimum atomic E-state index is 0.103. The predicted octanol–water partition coefficient (Wildman–Crippen LogP) is 3.29. The molecule has 2 aliphatic carbocycles. The van der Waals surface area contributed by atoms with Crippen molar-refractivity contribution in [3.8, 4) is 0 Å². The second-order valence-electron chi connectivity index (χ2n) is 7.43. The maximum atomic E-state index is 12.5. The summed E-state index contributed by atoms with van der Waals surface area (Å²) in [6.45, 7) is 4.51. The van der Waals surface area contributed by atoms with Crippen LogP contribution in [-0.2, 0) is 11.3 Å². The highest BCUT2D eigenvalue weighted by atomic mass is 16.2. The van der Waals surface area contributed by atoms with E-state index in [9.17, 15) is 4.79 Å². The number of rotatable bonds is 4. The van der Waals surface area contributed by atoms with Crippen molar-refractivity contribution in [3.63, 3.8) is 0 Å². The summed E-state index contributed by atoms with van der Waals surface area (Å²) in [6.07, 6.45) is 5.46. The Morgan fingerprint density at radius 3 is 2.91 bits per heavy atom. The van der Waals surface area contributed by atoms with Gasteiger partial charge in [0.25, 0.3) is 0 Å². The number of fused-ring (bicyclic) bond motifs is 3. The van der Waals surface area contributed by atoms with E-state index in [2.05, 4.69) is 17.2 Å². The molecule has 2 aliphatic rings. The number of nitrogens with one attached hydrogen (secondary N) is 1. The van der Waals surface area contributed by atoms with Crippen molar-refractivity contribution < 1.29 is 4.79 Å². The van der Waals surface area contributed by atoms with Gasteiger partial charge in [0.15, 0.2) is 0 Å². The third kappa shape index (κ3) is 2.64. The summed E-state index contributed by atoms with van der Waals surface area (Å²) in [5, 5.41) is 3.25. The van der Waals surface area contributed by atoms with Gasteiger partial charge in [-0.2, -0.15) is 0 Å². The molecule has 1 amide bonds. The number of amides is 1. The van der Waals surface area contributed by atoms with Gasteiger partial charge in [-0.1, -0.05) is 18.6 Å². The third-order valence-electron chi connectivity index (χ3n) is 5.97. The van der Waals surface area contributed by atoms with Crippen LogP contribution in [0.3, 0.4) is 0 Å². The van der Waals surface area contributed by atoms with Crippen LogP contribution < -0.4 is 5.32 Å². The van der Waals surface area contributed by atoms with E-state index in [1.54, 1.807) is 0 Å². The Hall–Kier alpha value is -1.84. The first kappa shape index (κ1) is 14.7. The number of aryl methyl sites for hydroxylation is 1. The fraction of sp³-hybridized carbons (Fsp3) is 0.579. The molecule has 0 saturated heterocycles. The molecule has 1 heterocycles. The van der Waals surface area contributed by atoms with E-state index in [0.717, 1.165) is 28.7 Å². The van der Waals surface area contributed by atoms with Crippen LogP contribution in [0.1, 0.15) is 38.4 Å². The lowest BCUT2D eigenvalue weighted by atomic mass is 9.84. The monoisotopic (exact) mass is 311 g/mol. The molecule has 23 heavy (non-hydrogen) atoms. The first-order valence-corrected chi connectivity index (χ1v) is 8.83. The number of hydrogen-bond donors (Lipinski definition) is 1.